The highest BCUT2D eigenvalue weighted by atomic mass is 16.6. The Labute approximate surface area is 144 Å². The summed E-state index contributed by atoms with van der Waals surface area (Å²) in [6.07, 6.45) is 3.84. The second-order valence-electron chi connectivity index (χ2n) is 5.76. The zero-order valence-corrected chi connectivity index (χ0v) is 13.5. The fourth-order valence-corrected chi connectivity index (χ4v) is 3.15. The Morgan fingerprint density at radius 2 is 2.12 bits per heavy atom. The summed E-state index contributed by atoms with van der Waals surface area (Å²) in [6.45, 7) is 0. The number of aliphatic carboxylic acids is 1. The lowest BCUT2D eigenvalue weighted by Crippen LogP contribution is -2.62. The van der Waals surface area contributed by atoms with Gasteiger partial charge in [-0.1, -0.05) is 42.5 Å². The molecular formula is C18H17NO6. The van der Waals surface area contributed by atoms with E-state index in [1.807, 2.05) is 30.3 Å². The number of rotatable bonds is 5. The first kappa shape index (κ1) is 16.8. The topological polar surface area (TPSA) is 93.1 Å². The predicted octanol–water partition coefficient (Wildman–Crippen LogP) is 1.56. The van der Waals surface area contributed by atoms with Crippen LogP contribution in [0.4, 0.5) is 0 Å². The van der Waals surface area contributed by atoms with Crippen molar-refractivity contribution in [1.82, 2.24) is 4.90 Å². The van der Waals surface area contributed by atoms with Crippen molar-refractivity contribution in [1.29, 1.82) is 0 Å². The largest absolute Gasteiger partial charge is 0.478 e. The maximum absolute atomic E-state index is 12.5. The number of amides is 1. The van der Waals surface area contributed by atoms with Crippen molar-refractivity contribution in [2.75, 3.05) is 7.11 Å². The average molecular weight is 343 g/mol. The van der Waals surface area contributed by atoms with Crippen molar-refractivity contribution in [3.63, 3.8) is 0 Å². The van der Waals surface area contributed by atoms with E-state index in [-0.39, 0.29) is 24.5 Å². The van der Waals surface area contributed by atoms with Crippen LogP contribution in [0.1, 0.15) is 18.4 Å². The number of β-lactam (4-membered cyclic amide) rings is 1. The molecule has 7 heteroatoms. The predicted molar refractivity (Wildman–Crippen MR) is 86.9 cm³/mol. The summed E-state index contributed by atoms with van der Waals surface area (Å²) in [5, 5.41) is 9.09. The van der Waals surface area contributed by atoms with Crippen molar-refractivity contribution < 1.29 is 29.0 Å². The number of ether oxygens (including phenoxy) is 2. The molecule has 7 nitrogen and oxygen atoms in total. The van der Waals surface area contributed by atoms with Gasteiger partial charge in [0.05, 0.1) is 19.6 Å². The number of methoxy groups -OCH3 is 1. The molecule has 0 bridgehead atoms. The lowest BCUT2D eigenvalue weighted by Gasteiger charge is -2.40. The number of carbonyl (C=O) groups is 3. The lowest BCUT2D eigenvalue weighted by atomic mass is 9.87. The third kappa shape index (κ3) is 2.77. The molecule has 2 saturated heterocycles. The highest BCUT2D eigenvalue weighted by Crippen LogP contribution is 2.47. The molecule has 0 spiro atoms. The Morgan fingerprint density at radius 3 is 2.72 bits per heavy atom. The van der Waals surface area contributed by atoms with Gasteiger partial charge in [-0.2, -0.15) is 0 Å². The van der Waals surface area contributed by atoms with Crippen molar-refractivity contribution in [2.24, 2.45) is 0 Å². The molecule has 0 aliphatic carbocycles. The molecule has 25 heavy (non-hydrogen) atoms. The average Bonchev–Trinajstić information content (AvgIpc) is 2.83. The summed E-state index contributed by atoms with van der Waals surface area (Å²) in [5.41, 5.74) is -0.671. The fraction of sp³-hybridized carbons (Fsp3) is 0.278. The van der Waals surface area contributed by atoms with Gasteiger partial charge in [0.1, 0.15) is 5.76 Å². The zero-order chi connectivity index (χ0) is 18.0. The highest BCUT2D eigenvalue weighted by molar-refractivity contribution is 5.97. The molecule has 0 radical (unpaired) electrons. The van der Waals surface area contributed by atoms with Gasteiger partial charge in [-0.05, 0) is 5.56 Å². The summed E-state index contributed by atoms with van der Waals surface area (Å²) in [4.78, 5) is 37.0. The standard InChI is InChI=1S/C18H17NO6/c1-24-17(23)18(9-5-8-12-6-3-2-4-7-12)13(10-16(21)22)25-15-11-14(20)19(15)18/h2-8,10,15H,9,11H2,1H3,(H,21,22)/t15-,18?/m1/s1. The Balaban J connectivity index is 1.98. The van der Waals surface area contributed by atoms with Crippen LogP contribution in [0.15, 0.2) is 48.2 Å². The van der Waals surface area contributed by atoms with Gasteiger partial charge in [0.15, 0.2) is 6.23 Å². The third-order valence-corrected chi connectivity index (χ3v) is 4.29. The molecule has 1 amide bonds. The number of hydrogen-bond donors (Lipinski definition) is 1. The van der Waals surface area contributed by atoms with E-state index in [0.717, 1.165) is 11.6 Å². The smallest absolute Gasteiger partial charge is 0.340 e. The van der Waals surface area contributed by atoms with Crippen molar-refractivity contribution in [3.8, 4) is 0 Å². The molecule has 1 aromatic rings. The van der Waals surface area contributed by atoms with E-state index < -0.39 is 23.7 Å². The van der Waals surface area contributed by atoms with Gasteiger partial charge >= 0.3 is 11.9 Å². The van der Waals surface area contributed by atoms with E-state index in [0.29, 0.717) is 0 Å². The van der Waals surface area contributed by atoms with Gasteiger partial charge in [-0.3, -0.25) is 9.69 Å². The van der Waals surface area contributed by atoms with Crippen LogP contribution in [0.5, 0.6) is 0 Å². The van der Waals surface area contributed by atoms with Crippen LogP contribution in [-0.2, 0) is 23.9 Å². The molecule has 130 valence electrons. The minimum atomic E-state index is -1.58. The van der Waals surface area contributed by atoms with E-state index >= 15 is 0 Å². The number of hydrogen-bond acceptors (Lipinski definition) is 5. The lowest BCUT2D eigenvalue weighted by molar-refractivity contribution is -0.171. The molecule has 2 fully saturated rings. The number of fused-ring (bicyclic) bond motifs is 1. The normalized spacial score (nSPS) is 26.3. The number of benzene rings is 1. The molecule has 0 aromatic heterocycles. The van der Waals surface area contributed by atoms with Crippen LogP contribution in [-0.4, -0.2) is 46.7 Å². The maximum Gasteiger partial charge on any atom is 0.340 e. The molecule has 2 aliphatic rings. The summed E-state index contributed by atoms with van der Waals surface area (Å²) in [5.74, 6) is -2.35. The van der Waals surface area contributed by atoms with E-state index in [1.54, 1.807) is 12.2 Å². The molecule has 1 aromatic carbocycles. The first-order valence-corrected chi connectivity index (χ1v) is 7.73. The summed E-state index contributed by atoms with van der Waals surface area (Å²) in [7, 11) is 1.20. The minimum absolute atomic E-state index is 0.0515. The molecule has 1 N–H and O–H groups in total. The fourth-order valence-electron chi connectivity index (χ4n) is 3.15. The van der Waals surface area contributed by atoms with Crippen LogP contribution in [0.25, 0.3) is 6.08 Å². The number of carboxylic acid groups (broad SMARTS) is 1. The Kier molecular flexibility index (Phi) is 4.31. The maximum atomic E-state index is 12.5. The van der Waals surface area contributed by atoms with E-state index in [1.165, 1.54) is 12.0 Å². The molecular weight excluding hydrogens is 326 g/mol. The van der Waals surface area contributed by atoms with E-state index in [4.69, 9.17) is 14.6 Å². The SMILES string of the molecule is COC(=O)C1(CC=Cc2ccccc2)C(=CC(=O)O)O[C@@H]2CC(=O)N21. The van der Waals surface area contributed by atoms with Crippen LogP contribution in [0, 0.1) is 0 Å². The molecule has 1 unspecified atom stereocenters. The Hall–Kier alpha value is -3.09. The van der Waals surface area contributed by atoms with Crippen LogP contribution >= 0.6 is 0 Å². The molecule has 0 saturated carbocycles. The minimum Gasteiger partial charge on any atom is -0.478 e. The number of carbonyl (C=O) groups excluding carboxylic acids is 2. The molecule has 3 rings (SSSR count). The van der Waals surface area contributed by atoms with Gasteiger partial charge < -0.3 is 14.6 Å². The van der Waals surface area contributed by atoms with E-state index in [2.05, 4.69) is 0 Å². The second kappa shape index (κ2) is 6.43. The second-order valence-corrected chi connectivity index (χ2v) is 5.76. The van der Waals surface area contributed by atoms with Crippen LogP contribution < -0.4 is 0 Å². The van der Waals surface area contributed by atoms with Gasteiger partial charge in [0, 0.05) is 6.42 Å². The first-order chi connectivity index (χ1) is 12.0. The van der Waals surface area contributed by atoms with Crippen LogP contribution in [0.3, 0.4) is 0 Å². The zero-order valence-electron chi connectivity index (χ0n) is 13.5. The van der Waals surface area contributed by atoms with Crippen molar-refractivity contribution in [2.45, 2.75) is 24.6 Å². The van der Waals surface area contributed by atoms with Crippen molar-refractivity contribution in [3.05, 3.63) is 53.8 Å². The summed E-state index contributed by atoms with van der Waals surface area (Å²) in [6, 6.07) is 9.41. The molecule has 2 aliphatic heterocycles. The summed E-state index contributed by atoms with van der Waals surface area (Å²) < 4.78 is 10.4. The Bertz CT molecular complexity index is 769. The monoisotopic (exact) mass is 343 g/mol. The van der Waals surface area contributed by atoms with Gasteiger partial charge in [-0.15, -0.1) is 0 Å². The van der Waals surface area contributed by atoms with E-state index in [9.17, 15) is 14.4 Å². The Morgan fingerprint density at radius 1 is 1.40 bits per heavy atom. The molecule has 2 heterocycles. The molecule has 2 atom stereocenters. The van der Waals surface area contributed by atoms with Gasteiger partial charge in [0.2, 0.25) is 11.4 Å². The highest BCUT2D eigenvalue weighted by Gasteiger charge is 2.64. The summed E-state index contributed by atoms with van der Waals surface area (Å²) >= 11 is 0. The van der Waals surface area contributed by atoms with Crippen molar-refractivity contribution >= 4 is 23.9 Å². The quantitative estimate of drug-likeness (QED) is 0.495. The van der Waals surface area contributed by atoms with Gasteiger partial charge in [-0.25, -0.2) is 9.59 Å². The number of nitrogens with zero attached hydrogens (tertiary/aromatic N) is 1. The van der Waals surface area contributed by atoms with Crippen LogP contribution in [0.2, 0.25) is 0 Å². The number of esters is 1. The number of carboxylic acids is 1. The van der Waals surface area contributed by atoms with Gasteiger partial charge in [0.25, 0.3) is 0 Å². The third-order valence-electron chi connectivity index (χ3n) is 4.29. The first-order valence-electron chi connectivity index (χ1n) is 7.73.